The Kier molecular flexibility index (Phi) is 7.48. The molecular weight excluding hydrogens is 462 g/mol. The zero-order chi connectivity index (χ0) is 23.8. The van der Waals surface area contributed by atoms with Gasteiger partial charge in [0, 0.05) is 27.9 Å². The minimum Gasteiger partial charge on any atom is -0.480 e. The van der Waals surface area contributed by atoms with Crippen LogP contribution in [0.15, 0.2) is 42.5 Å². The summed E-state index contributed by atoms with van der Waals surface area (Å²) in [4.78, 5) is 13.8. The molecule has 2 aromatic rings. The Morgan fingerprint density at radius 2 is 1.75 bits per heavy atom. The number of hydrogen-bond donors (Lipinski definition) is 1. The van der Waals surface area contributed by atoms with Crippen molar-refractivity contribution in [2.24, 2.45) is 5.41 Å². The molecule has 1 saturated heterocycles. The second-order valence-electron chi connectivity index (χ2n) is 9.48. The molecular formula is C24H26Cl2F3NO2. The second kappa shape index (κ2) is 9.62. The van der Waals surface area contributed by atoms with E-state index in [1.54, 1.807) is 24.3 Å². The molecule has 2 aromatic carbocycles. The van der Waals surface area contributed by atoms with Crippen molar-refractivity contribution >= 4 is 29.2 Å². The average Bonchev–Trinajstić information content (AvgIpc) is 2.94. The van der Waals surface area contributed by atoms with Gasteiger partial charge in [-0.1, -0.05) is 62.2 Å². The molecule has 1 fully saturated rings. The number of hydrogen-bond acceptors (Lipinski definition) is 2. The fourth-order valence-corrected chi connectivity index (χ4v) is 5.26. The van der Waals surface area contributed by atoms with Gasteiger partial charge >= 0.3 is 5.97 Å². The van der Waals surface area contributed by atoms with Crippen molar-refractivity contribution in [2.75, 3.05) is 6.54 Å². The Bertz CT molecular complexity index is 980. The van der Waals surface area contributed by atoms with Crippen molar-refractivity contribution in [3.05, 3.63) is 69.5 Å². The maximum Gasteiger partial charge on any atom is 0.321 e. The van der Waals surface area contributed by atoms with Crippen LogP contribution in [-0.2, 0) is 4.79 Å². The minimum absolute atomic E-state index is 0.204. The maximum atomic E-state index is 15.2. The third-order valence-electron chi connectivity index (χ3n) is 5.90. The van der Waals surface area contributed by atoms with Gasteiger partial charge in [0.2, 0.25) is 0 Å². The van der Waals surface area contributed by atoms with E-state index in [0.29, 0.717) is 17.0 Å². The van der Waals surface area contributed by atoms with Crippen LogP contribution < -0.4 is 0 Å². The van der Waals surface area contributed by atoms with Crippen LogP contribution in [0, 0.1) is 11.2 Å². The van der Waals surface area contributed by atoms with E-state index in [1.165, 1.54) is 23.1 Å². The summed E-state index contributed by atoms with van der Waals surface area (Å²) in [6.07, 6.45) is -2.35. The van der Waals surface area contributed by atoms with Gasteiger partial charge in [-0.3, -0.25) is 9.69 Å². The van der Waals surface area contributed by atoms with Gasteiger partial charge in [0.25, 0.3) is 6.43 Å². The predicted octanol–water partition coefficient (Wildman–Crippen LogP) is 6.84. The highest BCUT2D eigenvalue weighted by Gasteiger charge is 2.54. The maximum absolute atomic E-state index is 15.2. The monoisotopic (exact) mass is 487 g/mol. The fourth-order valence-electron chi connectivity index (χ4n) is 4.91. The van der Waals surface area contributed by atoms with Gasteiger partial charge in [-0.2, -0.15) is 0 Å². The number of likely N-dealkylation sites (tertiary alicyclic amines) is 1. The molecule has 0 aliphatic carbocycles. The molecule has 3 nitrogen and oxygen atoms in total. The van der Waals surface area contributed by atoms with E-state index in [-0.39, 0.29) is 16.0 Å². The Morgan fingerprint density at radius 3 is 2.28 bits per heavy atom. The largest absolute Gasteiger partial charge is 0.480 e. The normalized spacial score (nSPS) is 24.3. The molecule has 1 N–H and O–H groups in total. The van der Waals surface area contributed by atoms with E-state index in [2.05, 4.69) is 0 Å². The number of rotatable bonds is 6. The third kappa shape index (κ3) is 5.41. The van der Waals surface area contributed by atoms with Crippen LogP contribution in [0.3, 0.4) is 0 Å². The molecule has 174 valence electrons. The van der Waals surface area contributed by atoms with E-state index >= 15 is 4.39 Å². The molecule has 8 heteroatoms. The van der Waals surface area contributed by atoms with Gasteiger partial charge in [-0.05, 0) is 47.2 Å². The van der Waals surface area contributed by atoms with Crippen LogP contribution in [0.2, 0.25) is 10.0 Å². The molecule has 0 radical (unpaired) electrons. The van der Waals surface area contributed by atoms with Gasteiger partial charge in [0.1, 0.15) is 11.9 Å². The molecule has 0 saturated carbocycles. The van der Waals surface area contributed by atoms with Gasteiger partial charge in [-0.15, -0.1) is 0 Å². The molecule has 0 aromatic heterocycles. The highest BCUT2D eigenvalue weighted by Crippen LogP contribution is 2.52. The average molecular weight is 488 g/mol. The number of nitrogens with zero attached hydrogens (tertiary/aromatic N) is 1. The predicted molar refractivity (Wildman–Crippen MR) is 120 cm³/mol. The van der Waals surface area contributed by atoms with Gasteiger partial charge in [0.05, 0.1) is 6.54 Å². The molecule has 0 amide bonds. The molecule has 1 aliphatic rings. The summed E-state index contributed by atoms with van der Waals surface area (Å²) in [7, 11) is 0. The summed E-state index contributed by atoms with van der Waals surface area (Å²) in [5.74, 6) is -3.29. The van der Waals surface area contributed by atoms with Crippen molar-refractivity contribution in [3.8, 4) is 0 Å². The highest BCUT2D eigenvalue weighted by molar-refractivity contribution is 6.30. The van der Waals surface area contributed by atoms with E-state index < -0.39 is 48.7 Å². The van der Waals surface area contributed by atoms with E-state index in [9.17, 15) is 18.7 Å². The number of carboxylic acids is 1. The number of aliphatic carboxylic acids is 1. The van der Waals surface area contributed by atoms with Crippen molar-refractivity contribution in [1.29, 1.82) is 0 Å². The number of halogens is 5. The lowest BCUT2D eigenvalue weighted by Gasteiger charge is -2.34. The third-order valence-corrected chi connectivity index (χ3v) is 6.37. The quantitative estimate of drug-likeness (QED) is 0.484. The lowest BCUT2D eigenvalue weighted by molar-refractivity contribution is -0.144. The lowest BCUT2D eigenvalue weighted by Crippen LogP contribution is -2.46. The molecule has 1 heterocycles. The summed E-state index contributed by atoms with van der Waals surface area (Å²) >= 11 is 12.1. The van der Waals surface area contributed by atoms with Gasteiger partial charge in [-0.25, -0.2) is 13.2 Å². The molecule has 0 bridgehead atoms. The van der Waals surface area contributed by atoms with Crippen molar-refractivity contribution < 1.29 is 23.1 Å². The Balaban J connectivity index is 2.28. The number of alkyl halides is 2. The number of carbonyl (C=O) groups is 1. The molecule has 3 rings (SSSR count). The zero-order valence-electron chi connectivity index (χ0n) is 18.0. The van der Waals surface area contributed by atoms with Crippen molar-refractivity contribution in [3.63, 3.8) is 0 Å². The van der Waals surface area contributed by atoms with Crippen LogP contribution in [-0.4, -0.2) is 41.0 Å². The molecule has 0 spiro atoms. The number of carboxylic acid groups (broad SMARTS) is 1. The second-order valence-corrected chi connectivity index (χ2v) is 10.3. The van der Waals surface area contributed by atoms with E-state index in [1.807, 2.05) is 20.8 Å². The molecule has 32 heavy (non-hydrogen) atoms. The van der Waals surface area contributed by atoms with E-state index in [4.69, 9.17) is 23.2 Å². The summed E-state index contributed by atoms with van der Waals surface area (Å²) in [5, 5.41) is 10.8. The van der Waals surface area contributed by atoms with Crippen LogP contribution in [0.4, 0.5) is 13.2 Å². The Hall–Kier alpha value is -1.76. The summed E-state index contributed by atoms with van der Waals surface area (Å²) in [6.45, 7) is 5.13. The topological polar surface area (TPSA) is 40.5 Å². The molecule has 4 unspecified atom stereocenters. The highest BCUT2D eigenvalue weighted by atomic mass is 35.5. The van der Waals surface area contributed by atoms with Gasteiger partial charge < -0.3 is 5.11 Å². The first kappa shape index (κ1) is 24.9. The Labute approximate surface area is 196 Å². The zero-order valence-corrected chi connectivity index (χ0v) is 19.5. The molecule has 4 atom stereocenters. The molecule has 1 aliphatic heterocycles. The van der Waals surface area contributed by atoms with Gasteiger partial charge in [0.15, 0.2) is 0 Å². The van der Waals surface area contributed by atoms with Crippen LogP contribution in [0.5, 0.6) is 0 Å². The summed E-state index contributed by atoms with van der Waals surface area (Å²) in [5.41, 5.74) is 0.509. The van der Waals surface area contributed by atoms with E-state index in [0.717, 1.165) is 0 Å². The first-order valence-electron chi connectivity index (χ1n) is 10.4. The first-order valence-corrected chi connectivity index (χ1v) is 11.1. The Morgan fingerprint density at radius 1 is 1.09 bits per heavy atom. The SMILES string of the molecule is CC(C)(C)CC1C(c2ccc(Cl)cc2F)C(c2cccc(Cl)c2)C(C(=O)O)N1CC(F)F. The minimum atomic E-state index is -2.74. The summed E-state index contributed by atoms with van der Waals surface area (Å²) in [6, 6.07) is 9.01. The summed E-state index contributed by atoms with van der Waals surface area (Å²) < 4.78 is 42.4. The van der Waals surface area contributed by atoms with Crippen LogP contribution in [0.25, 0.3) is 0 Å². The first-order chi connectivity index (χ1) is 14.9. The lowest BCUT2D eigenvalue weighted by atomic mass is 9.74. The van der Waals surface area contributed by atoms with Crippen molar-refractivity contribution in [2.45, 2.75) is 57.5 Å². The standard InChI is InChI=1S/C24H26Cl2F3NO2/c1-24(2,3)11-18-21(16-8-7-15(26)10-17(16)27)20(13-5-4-6-14(25)9-13)22(23(31)32)30(18)12-19(28)29/h4-10,18-22H,11-12H2,1-3H3,(H,31,32). The number of benzene rings is 2. The smallest absolute Gasteiger partial charge is 0.321 e. The van der Waals surface area contributed by atoms with Crippen LogP contribution in [0.1, 0.15) is 50.2 Å². The van der Waals surface area contributed by atoms with Crippen molar-refractivity contribution in [1.82, 2.24) is 4.90 Å². The van der Waals surface area contributed by atoms with Crippen LogP contribution >= 0.6 is 23.2 Å². The fraction of sp³-hybridized carbons (Fsp3) is 0.458.